The molecule has 1 heterocycles. The fourth-order valence-electron chi connectivity index (χ4n) is 3.82. The van der Waals surface area contributed by atoms with Crippen molar-refractivity contribution in [3.05, 3.63) is 23.8 Å². The highest BCUT2D eigenvalue weighted by molar-refractivity contribution is 5.92. The monoisotopic (exact) mass is 311 g/mol. The minimum atomic E-state index is 0.111. The van der Waals surface area contributed by atoms with Crippen molar-refractivity contribution in [2.24, 2.45) is 5.41 Å². The lowest BCUT2D eigenvalue weighted by Crippen LogP contribution is -2.31. The Bertz CT molecular complexity index is 753. The van der Waals surface area contributed by atoms with Gasteiger partial charge in [-0.2, -0.15) is 0 Å². The lowest BCUT2D eigenvalue weighted by Gasteiger charge is -2.37. The summed E-state index contributed by atoms with van der Waals surface area (Å²) in [6.07, 6.45) is 7.82. The van der Waals surface area contributed by atoms with Crippen LogP contribution in [-0.4, -0.2) is 15.5 Å². The van der Waals surface area contributed by atoms with E-state index in [2.05, 4.69) is 41.9 Å². The Labute approximate surface area is 137 Å². The van der Waals surface area contributed by atoms with Gasteiger partial charge in [-0.25, -0.2) is 4.98 Å². The second-order valence-corrected chi connectivity index (χ2v) is 7.77. The highest BCUT2D eigenvalue weighted by atomic mass is 16.1. The lowest BCUT2D eigenvalue weighted by molar-refractivity contribution is -0.119. The number of benzene rings is 1. The molecule has 2 aliphatic carbocycles. The summed E-state index contributed by atoms with van der Waals surface area (Å²) >= 11 is 0. The topological polar surface area (TPSA) is 46.9 Å². The first-order valence-electron chi connectivity index (χ1n) is 8.83. The molecule has 0 radical (unpaired) electrons. The van der Waals surface area contributed by atoms with Crippen molar-refractivity contribution in [3.63, 3.8) is 0 Å². The largest absolute Gasteiger partial charge is 0.307 e. The van der Waals surface area contributed by atoms with Crippen LogP contribution in [0.3, 0.4) is 0 Å². The molecule has 2 fully saturated rings. The molecule has 0 aliphatic heterocycles. The summed E-state index contributed by atoms with van der Waals surface area (Å²) in [6, 6.07) is 6.81. The number of carbonyl (C=O) groups is 1. The molecule has 4 heteroatoms. The second kappa shape index (κ2) is 5.36. The third-order valence-corrected chi connectivity index (χ3v) is 5.68. The van der Waals surface area contributed by atoms with E-state index in [0.29, 0.717) is 12.5 Å². The Morgan fingerprint density at radius 2 is 2.13 bits per heavy atom. The third kappa shape index (κ3) is 2.64. The standard InChI is InChI=1S/C19H25N3O/c1-13-7-8-15-16(11-13)22(14-5-3-6-14)18(20-15)21-17(23)12-19(2)9-4-10-19/h7-8,11,14H,3-6,9-10,12H2,1-2H3,(H,20,21,23). The van der Waals surface area contributed by atoms with Crippen LogP contribution in [0.15, 0.2) is 18.2 Å². The van der Waals surface area contributed by atoms with Gasteiger partial charge in [-0.15, -0.1) is 0 Å². The van der Waals surface area contributed by atoms with E-state index in [1.165, 1.54) is 44.1 Å². The maximum Gasteiger partial charge on any atom is 0.227 e. The van der Waals surface area contributed by atoms with Crippen LogP contribution in [0.1, 0.15) is 63.5 Å². The summed E-state index contributed by atoms with van der Waals surface area (Å²) < 4.78 is 2.26. The molecule has 0 spiro atoms. The zero-order chi connectivity index (χ0) is 16.0. The van der Waals surface area contributed by atoms with Gasteiger partial charge in [0.25, 0.3) is 0 Å². The number of rotatable bonds is 4. The summed E-state index contributed by atoms with van der Waals surface area (Å²) in [6.45, 7) is 4.32. The molecule has 0 saturated heterocycles. The summed E-state index contributed by atoms with van der Waals surface area (Å²) in [5.74, 6) is 0.850. The SMILES string of the molecule is Cc1ccc2nc(NC(=O)CC3(C)CCC3)n(C3CCC3)c2c1. The van der Waals surface area contributed by atoms with Crippen molar-refractivity contribution in [3.8, 4) is 0 Å². The smallest absolute Gasteiger partial charge is 0.227 e. The molecular weight excluding hydrogens is 286 g/mol. The van der Waals surface area contributed by atoms with E-state index < -0.39 is 0 Å². The van der Waals surface area contributed by atoms with Crippen LogP contribution in [0.25, 0.3) is 11.0 Å². The van der Waals surface area contributed by atoms with Crippen LogP contribution in [0, 0.1) is 12.3 Å². The molecule has 2 aliphatic rings. The average molecular weight is 311 g/mol. The number of nitrogens with one attached hydrogen (secondary N) is 1. The molecule has 0 atom stereocenters. The van der Waals surface area contributed by atoms with E-state index in [-0.39, 0.29) is 11.3 Å². The van der Waals surface area contributed by atoms with Gasteiger partial charge in [0.2, 0.25) is 11.9 Å². The van der Waals surface area contributed by atoms with E-state index in [1.54, 1.807) is 0 Å². The summed E-state index contributed by atoms with van der Waals surface area (Å²) in [5.41, 5.74) is 3.57. The van der Waals surface area contributed by atoms with E-state index >= 15 is 0 Å². The van der Waals surface area contributed by atoms with Crippen LogP contribution in [-0.2, 0) is 4.79 Å². The third-order valence-electron chi connectivity index (χ3n) is 5.68. The number of amides is 1. The molecule has 1 aromatic heterocycles. The predicted molar refractivity (Wildman–Crippen MR) is 92.6 cm³/mol. The summed E-state index contributed by atoms with van der Waals surface area (Å²) in [7, 11) is 0. The minimum Gasteiger partial charge on any atom is -0.307 e. The normalized spacial score (nSPS) is 20.1. The van der Waals surface area contributed by atoms with E-state index in [0.717, 1.165) is 17.0 Å². The molecule has 2 aromatic rings. The molecule has 0 bridgehead atoms. The predicted octanol–water partition coefficient (Wildman–Crippen LogP) is 4.59. The molecule has 2 saturated carbocycles. The Kier molecular flexibility index (Phi) is 3.43. The first kappa shape index (κ1) is 14.7. The molecule has 4 nitrogen and oxygen atoms in total. The number of fused-ring (bicyclic) bond motifs is 1. The van der Waals surface area contributed by atoms with Crippen LogP contribution >= 0.6 is 0 Å². The number of aromatic nitrogens is 2. The van der Waals surface area contributed by atoms with Crippen LogP contribution in [0.5, 0.6) is 0 Å². The number of carbonyl (C=O) groups excluding carboxylic acids is 1. The Morgan fingerprint density at radius 1 is 1.35 bits per heavy atom. The molecule has 23 heavy (non-hydrogen) atoms. The minimum absolute atomic E-state index is 0.111. The Balaban J connectivity index is 1.64. The highest BCUT2D eigenvalue weighted by Crippen LogP contribution is 2.43. The second-order valence-electron chi connectivity index (χ2n) is 7.77. The first-order valence-corrected chi connectivity index (χ1v) is 8.83. The van der Waals surface area contributed by atoms with Gasteiger partial charge in [-0.3, -0.25) is 10.1 Å². The Morgan fingerprint density at radius 3 is 2.74 bits per heavy atom. The molecule has 1 aromatic carbocycles. The average Bonchev–Trinajstić information content (AvgIpc) is 2.73. The van der Waals surface area contributed by atoms with Gasteiger partial charge in [-0.1, -0.05) is 19.4 Å². The maximum absolute atomic E-state index is 12.5. The Hall–Kier alpha value is -1.84. The summed E-state index contributed by atoms with van der Waals surface area (Å²) in [5, 5.41) is 3.11. The van der Waals surface area contributed by atoms with E-state index in [9.17, 15) is 4.79 Å². The number of nitrogens with zero attached hydrogens (tertiary/aromatic N) is 2. The summed E-state index contributed by atoms with van der Waals surface area (Å²) in [4.78, 5) is 17.2. The zero-order valence-corrected chi connectivity index (χ0v) is 14.1. The van der Waals surface area contributed by atoms with Crippen LogP contribution < -0.4 is 5.32 Å². The van der Waals surface area contributed by atoms with Gasteiger partial charge in [0.1, 0.15) is 0 Å². The fraction of sp³-hybridized carbons (Fsp3) is 0.579. The van der Waals surface area contributed by atoms with Gasteiger partial charge < -0.3 is 4.57 Å². The first-order chi connectivity index (χ1) is 11.0. The number of aryl methyl sites for hydroxylation is 1. The van der Waals surface area contributed by atoms with Crippen molar-refractivity contribution < 1.29 is 4.79 Å². The molecule has 1 N–H and O–H groups in total. The quantitative estimate of drug-likeness (QED) is 0.897. The van der Waals surface area contributed by atoms with Crippen molar-refractivity contribution in [1.82, 2.24) is 9.55 Å². The van der Waals surface area contributed by atoms with Crippen LogP contribution in [0.2, 0.25) is 0 Å². The molecule has 4 rings (SSSR count). The number of imidazole rings is 1. The number of hydrogen-bond donors (Lipinski definition) is 1. The van der Waals surface area contributed by atoms with E-state index in [1.807, 2.05) is 0 Å². The highest BCUT2D eigenvalue weighted by Gasteiger charge is 2.34. The molecule has 0 unspecified atom stereocenters. The van der Waals surface area contributed by atoms with Crippen molar-refractivity contribution >= 4 is 22.9 Å². The van der Waals surface area contributed by atoms with Gasteiger partial charge in [0.15, 0.2) is 0 Å². The van der Waals surface area contributed by atoms with Crippen molar-refractivity contribution in [1.29, 1.82) is 0 Å². The van der Waals surface area contributed by atoms with Gasteiger partial charge in [0, 0.05) is 12.5 Å². The zero-order valence-electron chi connectivity index (χ0n) is 14.1. The van der Waals surface area contributed by atoms with Crippen LogP contribution in [0.4, 0.5) is 5.95 Å². The van der Waals surface area contributed by atoms with E-state index in [4.69, 9.17) is 4.98 Å². The molecule has 122 valence electrons. The molecular formula is C19H25N3O. The number of hydrogen-bond acceptors (Lipinski definition) is 2. The fourth-order valence-corrected chi connectivity index (χ4v) is 3.82. The molecule has 1 amide bonds. The maximum atomic E-state index is 12.5. The van der Waals surface area contributed by atoms with Crippen molar-refractivity contribution in [2.75, 3.05) is 5.32 Å². The number of anilines is 1. The van der Waals surface area contributed by atoms with Gasteiger partial charge in [0.05, 0.1) is 11.0 Å². The van der Waals surface area contributed by atoms with Gasteiger partial charge in [-0.05, 0) is 62.1 Å². The van der Waals surface area contributed by atoms with Crippen molar-refractivity contribution in [2.45, 2.75) is 64.8 Å². The lowest BCUT2D eigenvalue weighted by atomic mass is 9.68. The van der Waals surface area contributed by atoms with Gasteiger partial charge >= 0.3 is 0 Å².